The van der Waals surface area contributed by atoms with Crippen molar-refractivity contribution in [3.8, 4) is 11.3 Å². The van der Waals surface area contributed by atoms with E-state index < -0.39 is 23.4 Å². The fourth-order valence-corrected chi connectivity index (χ4v) is 6.07. The Labute approximate surface area is 273 Å². The summed E-state index contributed by atoms with van der Waals surface area (Å²) < 4.78 is 33.2. The van der Waals surface area contributed by atoms with Crippen LogP contribution in [0.2, 0.25) is 0 Å². The molecule has 0 unspecified atom stereocenters. The Kier molecular flexibility index (Phi) is 9.01. The van der Waals surface area contributed by atoms with Crippen LogP contribution in [0.4, 0.5) is 20.7 Å². The van der Waals surface area contributed by atoms with Crippen molar-refractivity contribution in [2.45, 2.75) is 71.4 Å². The number of nitrogens with zero attached hydrogens (tertiary/aromatic N) is 5. The lowest BCUT2D eigenvalue weighted by molar-refractivity contribution is -0.0640. The van der Waals surface area contributed by atoms with E-state index in [0.717, 1.165) is 29.0 Å². The summed E-state index contributed by atoms with van der Waals surface area (Å²) >= 11 is 0. The number of aromatic nitrogens is 3. The van der Waals surface area contributed by atoms with Crippen molar-refractivity contribution in [2.75, 3.05) is 32.6 Å². The number of ether oxygens (including phenoxy) is 3. The van der Waals surface area contributed by atoms with E-state index in [1.54, 1.807) is 43.6 Å². The maximum Gasteiger partial charge on any atom is 0.417 e. The van der Waals surface area contributed by atoms with Gasteiger partial charge in [0.25, 0.3) is 5.91 Å². The number of halogens is 1. The Balaban J connectivity index is 1.37. The van der Waals surface area contributed by atoms with Crippen LogP contribution in [0.25, 0.3) is 16.9 Å². The van der Waals surface area contributed by atoms with Crippen LogP contribution in [0.3, 0.4) is 0 Å². The average Bonchev–Trinajstić information content (AvgIpc) is 3.58. The number of carbonyl (C=O) groups is 2. The second kappa shape index (κ2) is 13.0. The first kappa shape index (κ1) is 32.5. The van der Waals surface area contributed by atoms with Crippen LogP contribution in [0.1, 0.15) is 73.8 Å². The zero-order chi connectivity index (χ0) is 33.5. The van der Waals surface area contributed by atoms with Gasteiger partial charge in [0.1, 0.15) is 22.9 Å². The Bertz CT molecular complexity index is 1810. The third-order valence-electron chi connectivity index (χ3n) is 8.19. The van der Waals surface area contributed by atoms with Gasteiger partial charge in [0, 0.05) is 43.1 Å². The number of rotatable bonds is 8. The van der Waals surface area contributed by atoms with E-state index in [2.05, 4.69) is 10.3 Å². The standard InChI is InChI=1S/C35H41FN6O5/c1-21(46-23-12-15-45-16-13-23)24-8-10-30(39-28(24)20-40(5)6)38-27-9-7-25(29-18-37-31-17-22(36)11-14-41(29)31)26-19-42(33(43)32(26)27)34(44)47-35(2,3)4/h7-11,14,17-18,21,23H,12-13,15-16,19-20H2,1-6H3,(H,38,39)/t21-/m0/s1. The highest BCUT2D eigenvalue weighted by atomic mass is 19.1. The molecule has 12 heteroatoms. The maximum absolute atomic E-state index is 14.0. The highest BCUT2D eigenvalue weighted by Crippen LogP contribution is 2.39. The van der Waals surface area contributed by atoms with E-state index in [1.807, 2.05) is 44.1 Å². The molecule has 47 heavy (non-hydrogen) atoms. The van der Waals surface area contributed by atoms with E-state index in [0.29, 0.717) is 59.3 Å². The molecule has 1 fully saturated rings. The van der Waals surface area contributed by atoms with Gasteiger partial charge in [-0.1, -0.05) is 12.1 Å². The zero-order valence-electron chi connectivity index (χ0n) is 27.7. The van der Waals surface area contributed by atoms with Crippen LogP contribution in [-0.2, 0) is 27.3 Å². The number of anilines is 2. The van der Waals surface area contributed by atoms with Crippen molar-refractivity contribution < 1.29 is 28.2 Å². The summed E-state index contributed by atoms with van der Waals surface area (Å²) in [5.41, 5.74) is 4.30. The molecule has 11 nitrogen and oxygen atoms in total. The van der Waals surface area contributed by atoms with Crippen LogP contribution in [0.15, 0.2) is 48.8 Å². The van der Waals surface area contributed by atoms with E-state index in [9.17, 15) is 14.0 Å². The molecule has 1 N–H and O–H groups in total. The molecule has 5 heterocycles. The average molecular weight is 645 g/mol. The monoisotopic (exact) mass is 644 g/mol. The Morgan fingerprint density at radius 1 is 1.17 bits per heavy atom. The summed E-state index contributed by atoms with van der Waals surface area (Å²) in [5.74, 6) is -0.336. The Hall–Kier alpha value is -4.39. The number of benzene rings is 1. The highest BCUT2D eigenvalue weighted by molar-refractivity contribution is 6.11. The zero-order valence-corrected chi connectivity index (χ0v) is 27.7. The SMILES string of the molecule is C[C@H](OC1CCOCC1)c1ccc(Nc2ccc(-c3cnc4cc(F)ccn34)c3c2C(=O)N(C(=O)OC(C)(C)C)C3)nc1CN(C)C. The summed E-state index contributed by atoms with van der Waals surface area (Å²) in [6.07, 6.45) is 4.19. The van der Waals surface area contributed by atoms with Gasteiger partial charge >= 0.3 is 6.09 Å². The summed E-state index contributed by atoms with van der Waals surface area (Å²) in [6.45, 7) is 9.30. The van der Waals surface area contributed by atoms with E-state index >= 15 is 0 Å². The summed E-state index contributed by atoms with van der Waals surface area (Å²) in [4.78, 5) is 39.7. The van der Waals surface area contributed by atoms with Gasteiger partial charge in [0.2, 0.25) is 0 Å². The first-order chi connectivity index (χ1) is 22.4. The number of pyridine rings is 2. The van der Waals surface area contributed by atoms with Gasteiger partial charge < -0.3 is 24.4 Å². The number of nitrogens with one attached hydrogen (secondary N) is 1. The molecular weight excluding hydrogens is 603 g/mol. The quantitative estimate of drug-likeness (QED) is 0.230. The predicted molar refractivity (Wildman–Crippen MR) is 175 cm³/mol. The van der Waals surface area contributed by atoms with Gasteiger partial charge in [-0.05, 0) is 78.4 Å². The van der Waals surface area contributed by atoms with Gasteiger partial charge in [-0.2, -0.15) is 0 Å². The molecule has 0 aliphatic carbocycles. The molecule has 0 spiro atoms. The number of imidazole rings is 1. The van der Waals surface area contributed by atoms with Crippen molar-refractivity contribution >= 4 is 29.2 Å². The molecule has 1 aromatic carbocycles. The third kappa shape index (κ3) is 6.99. The number of amides is 2. The van der Waals surface area contributed by atoms with E-state index in [4.69, 9.17) is 19.2 Å². The van der Waals surface area contributed by atoms with Gasteiger partial charge in [0.15, 0.2) is 0 Å². The van der Waals surface area contributed by atoms with Crippen LogP contribution < -0.4 is 5.32 Å². The van der Waals surface area contributed by atoms with Crippen LogP contribution in [0, 0.1) is 5.82 Å². The van der Waals surface area contributed by atoms with Crippen molar-refractivity contribution in [2.24, 2.45) is 0 Å². The van der Waals surface area contributed by atoms with E-state index in [-0.39, 0.29) is 18.8 Å². The summed E-state index contributed by atoms with van der Waals surface area (Å²) in [5, 5.41) is 3.36. The molecule has 2 amide bonds. The lowest BCUT2D eigenvalue weighted by Gasteiger charge is -2.27. The number of fused-ring (bicyclic) bond motifs is 2. The van der Waals surface area contributed by atoms with E-state index in [1.165, 1.54) is 12.1 Å². The van der Waals surface area contributed by atoms with Gasteiger partial charge in [-0.15, -0.1) is 0 Å². The number of hydrogen-bond acceptors (Lipinski definition) is 9. The van der Waals surface area contributed by atoms with Crippen molar-refractivity contribution in [1.29, 1.82) is 0 Å². The Morgan fingerprint density at radius 2 is 1.94 bits per heavy atom. The fraction of sp³-hybridized carbons (Fsp3) is 0.429. The molecule has 1 saturated heterocycles. The van der Waals surface area contributed by atoms with Gasteiger partial charge in [-0.25, -0.2) is 24.1 Å². The molecule has 4 aromatic rings. The predicted octanol–water partition coefficient (Wildman–Crippen LogP) is 6.49. The molecule has 0 saturated carbocycles. The molecular formula is C35H41FN6O5. The maximum atomic E-state index is 14.0. The Morgan fingerprint density at radius 3 is 2.66 bits per heavy atom. The van der Waals surface area contributed by atoms with Crippen molar-refractivity contribution in [1.82, 2.24) is 24.2 Å². The number of hydrogen-bond donors (Lipinski definition) is 1. The normalized spacial score (nSPS) is 16.2. The second-order valence-electron chi connectivity index (χ2n) is 13.3. The van der Waals surface area contributed by atoms with Crippen molar-refractivity contribution in [3.63, 3.8) is 0 Å². The number of imide groups is 1. The molecule has 0 bridgehead atoms. The first-order valence-electron chi connectivity index (χ1n) is 15.9. The third-order valence-corrected chi connectivity index (χ3v) is 8.19. The van der Waals surface area contributed by atoms with Gasteiger partial charge in [-0.3, -0.25) is 9.20 Å². The molecule has 248 valence electrons. The molecule has 2 aliphatic rings. The lowest BCUT2D eigenvalue weighted by Crippen LogP contribution is -2.37. The minimum atomic E-state index is -0.790. The molecule has 0 radical (unpaired) electrons. The highest BCUT2D eigenvalue weighted by Gasteiger charge is 2.39. The lowest BCUT2D eigenvalue weighted by atomic mass is 9.99. The smallest absolute Gasteiger partial charge is 0.417 e. The fourth-order valence-electron chi connectivity index (χ4n) is 6.07. The second-order valence-corrected chi connectivity index (χ2v) is 13.3. The van der Waals surface area contributed by atoms with Crippen molar-refractivity contribution in [3.05, 3.63) is 77.0 Å². The topological polar surface area (TPSA) is 111 Å². The minimum Gasteiger partial charge on any atom is -0.443 e. The molecule has 1 atom stereocenters. The molecule has 3 aromatic heterocycles. The van der Waals surface area contributed by atoms with Gasteiger partial charge in [0.05, 0.1) is 47.6 Å². The summed E-state index contributed by atoms with van der Waals surface area (Å²) in [6, 6.07) is 10.3. The minimum absolute atomic E-state index is 0.00165. The largest absolute Gasteiger partial charge is 0.443 e. The molecule has 6 rings (SSSR count). The first-order valence-corrected chi connectivity index (χ1v) is 15.9. The number of carbonyl (C=O) groups excluding carboxylic acids is 2. The summed E-state index contributed by atoms with van der Waals surface area (Å²) in [7, 11) is 3.97. The van der Waals surface area contributed by atoms with Crippen LogP contribution in [0.5, 0.6) is 0 Å². The van der Waals surface area contributed by atoms with Crippen LogP contribution >= 0.6 is 0 Å². The van der Waals surface area contributed by atoms with Crippen LogP contribution in [-0.4, -0.2) is 75.2 Å². The molecule has 2 aliphatic heterocycles.